The number of rotatable bonds is 38. The van der Waals surface area contributed by atoms with Crippen molar-refractivity contribution in [1.82, 2.24) is 21.3 Å². The Morgan fingerprint density at radius 1 is 0.336 bits per heavy atom. The van der Waals surface area contributed by atoms with Crippen LogP contribution in [0.25, 0.3) is 0 Å². The highest BCUT2D eigenvalue weighted by Crippen LogP contribution is 2.43. The minimum Gasteiger partial charge on any atom is -0.477 e. The maximum atomic E-state index is 13.6. The van der Waals surface area contributed by atoms with Crippen LogP contribution < -0.4 is 21.3 Å². The Morgan fingerprint density at radius 2 is 0.656 bits per heavy atom. The van der Waals surface area contributed by atoms with Crippen molar-refractivity contribution in [3.8, 4) is 0 Å². The lowest BCUT2D eigenvalue weighted by molar-refractivity contribution is -0.398. The van der Waals surface area contributed by atoms with Gasteiger partial charge in [0.15, 0.2) is 50.3 Å². The van der Waals surface area contributed by atoms with E-state index in [2.05, 4.69) is 21.3 Å². The smallest absolute Gasteiger partial charge is 0.364 e. The number of carboxylic acids is 1. The number of nitrogens with one attached hydrogen (secondary N) is 4. The second-order valence-electron chi connectivity index (χ2n) is 32.1. The molecule has 57 nitrogen and oxygen atoms in total. The molecular weight excluding hydrogens is 1760 g/mol. The first kappa shape index (κ1) is 107. The molecule has 0 radical (unpaired) electrons. The van der Waals surface area contributed by atoms with Crippen molar-refractivity contribution >= 4 is 29.6 Å². The average Bonchev–Trinajstić information content (AvgIpc) is 0.739. The number of amides is 4. The summed E-state index contributed by atoms with van der Waals surface area (Å²) in [5, 5.41) is 342. The number of aliphatic hydroxyl groups excluding tert-OH is 29. The molecule has 128 heavy (non-hydrogen) atoms. The van der Waals surface area contributed by atoms with E-state index in [4.69, 9.17) is 85.3 Å². The first-order valence-corrected chi connectivity index (χ1v) is 40.6. The Hall–Kier alpha value is -4.53. The Bertz CT molecular complexity index is 3480. The lowest BCUT2D eigenvalue weighted by Gasteiger charge is -2.52. The maximum Gasteiger partial charge on any atom is 0.364 e. The predicted molar refractivity (Wildman–Crippen MR) is 394 cm³/mol. The van der Waals surface area contributed by atoms with Gasteiger partial charge in [-0.15, -0.1) is 0 Å². The van der Waals surface area contributed by atoms with E-state index >= 15 is 0 Å². The first-order valence-electron chi connectivity index (χ1n) is 40.6. The van der Waals surface area contributed by atoms with Gasteiger partial charge in [0.2, 0.25) is 23.6 Å². The van der Waals surface area contributed by atoms with E-state index < -0.39 is 408 Å². The van der Waals surface area contributed by atoms with Gasteiger partial charge in [-0.2, -0.15) is 0 Å². The normalized spacial score (nSPS) is 45.8. The fourth-order valence-electron chi connectivity index (χ4n) is 16.3. The molecule has 57 heteroatoms. The van der Waals surface area contributed by atoms with Crippen LogP contribution in [0.15, 0.2) is 0 Å². The van der Waals surface area contributed by atoms with Crippen molar-refractivity contribution in [3.63, 3.8) is 0 Å². The summed E-state index contributed by atoms with van der Waals surface area (Å²) < 4.78 is 107. The van der Waals surface area contributed by atoms with Crippen LogP contribution in [0.3, 0.4) is 0 Å². The number of hydrogen-bond acceptors (Lipinski definition) is 52. The largest absolute Gasteiger partial charge is 0.477 e. The minimum atomic E-state index is -3.30. The second kappa shape index (κ2) is 46.8. The third-order valence-corrected chi connectivity index (χ3v) is 23.1. The number of carbonyl (C=O) groups is 5. The van der Waals surface area contributed by atoms with Gasteiger partial charge in [-0.25, -0.2) is 4.79 Å². The molecule has 0 saturated carbocycles. The van der Waals surface area contributed by atoms with Crippen molar-refractivity contribution in [2.24, 2.45) is 0 Å². The minimum absolute atomic E-state index is 0.878. The zero-order valence-electron chi connectivity index (χ0n) is 68.9. The van der Waals surface area contributed by atoms with Gasteiger partial charge in [-0.05, 0) is 6.92 Å². The van der Waals surface area contributed by atoms with Crippen LogP contribution in [-0.2, 0) is 109 Å². The fourth-order valence-corrected chi connectivity index (χ4v) is 16.3. The quantitative estimate of drug-likeness (QED) is 0.0273. The number of aliphatic hydroxyl groups is 29. The summed E-state index contributed by atoms with van der Waals surface area (Å²) in [5.41, 5.74) is 0. The topological polar surface area (TPSA) is 907 Å². The van der Waals surface area contributed by atoms with Crippen LogP contribution in [0.2, 0.25) is 0 Å². The van der Waals surface area contributed by atoms with Crippen LogP contribution in [0.4, 0.5) is 0 Å². The standard InChI is InChI=1S/C71H120N4O53/c1-17-37(94)46(103)47(104)65(111-17)123-57-36(75-21(5)89)64(126-60-42(99)27(11-80)113-67(49(60)106)120-53-30(14-83)116-62(34(44(53)101)73-19(3)87)124-58-40(97)26(10-79)112-66(48(58)105)119-52(25(93)9-78)38(95)23(91)7-76)118-32(16-85)55(57)122-68-50(107)59(41(98)28(12-81)114-68)125-63-35(74-20(4)88)45(102)54(31(15-84)117-63)121-69-51(108)61(43(100)29(13-82)115-69)128-71(70(109)110)6-22(90)33(72-18(2)86)56(127-71)39(96)24(92)8-77/h17,22-69,76-85,90-108H,6-16H2,1-5H3,(H,72,86)(H,73,87)(H,74,88)(H,75,89)(H,109,110)/t17-,22-,23-,24+,25+,26+,27+,28+,29+,30+,31+,32+,33+,34+,35+,36+,37+,38+,39+,40-,41-,42-,43-,44+,45+,46+,47-,48+,49+,50+,51+,52+,53+,54+,55+,56+,57+,58-,59-,60-,61-,62-,63-,64-,65-,66-,67-,68-,69-,71-/m0/s1. The molecule has 9 rings (SSSR count). The van der Waals surface area contributed by atoms with E-state index in [0.29, 0.717) is 0 Å². The van der Waals surface area contributed by atoms with Crippen molar-refractivity contribution in [2.45, 2.75) is 347 Å². The maximum absolute atomic E-state index is 13.6. The fraction of sp³-hybridized carbons (Fsp3) is 0.930. The molecule has 4 amide bonds. The highest BCUT2D eigenvalue weighted by Gasteiger charge is 2.64. The molecule has 9 saturated heterocycles. The van der Waals surface area contributed by atoms with Crippen LogP contribution in [-0.4, -0.2) is 555 Å². The van der Waals surface area contributed by atoms with E-state index in [1.165, 1.54) is 6.92 Å². The van der Waals surface area contributed by atoms with Crippen molar-refractivity contribution in [1.29, 1.82) is 0 Å². The summed E-state index contributed by atoms with van der Waals surface area (Å²) in [4.78, 5) is 65.1. The molecule has 0 aromatic rings. The van der Waals surface area contributed by atoms with Gasteiger partial charge < -0.3 is 260 Å². The third kappa shape index (κ3) is 23.7. The van der Waals surface area contributed by atoms with Crippen molar-refractivity contribution in [3.05, 3.63) is 0 Å². The SMILES string of the molecule is CC(=O)N[C@H]1[C@H](O[C@H]2[C@@H](O)[C@@H](CO)O[C@@H](O[C@@H]([C@H](O)[C@@H](O)CO)[C@H](O)CO)[C@@H]2O)O[C@H](CO)[C@@H](O[C@@H]2O[C@H](CO)[C@H](O)[C@H](O[C@@H]3O[C@H](CO)[C@@H](O[C@@H]4O[C@H](CO)[C@H](O)[C@H](O[C@@H]5O[C@H](CO)[C@@H](O[C@@H]6O[C@H](CO)[C@H](O)[C@H](O[C@]7(C(=O)O)C[C@H](O)[C@@H](NC(C)=O)[C@H]([C@H](O)[C@H](O)CO)O7)[C@H]6O)[C@H](O)[C@H]5NC(C)=O)[C@H]4O)[C@H](O[C@@H]4O[C@@H](C)[C@@H](O)[C@@H](O)[C@@H]4O)[C@H]3NC(C)=O)[C@H]2O)[C@@H]1O. The summed E-state index contributed by atoms with van der Waals surface area (Å²) in [5.74, 6) is -9.40. The van der Waals surface area contributed by atoms with Gasteiger partial charge in [0, 0.05) is 34.1 Å². The van der Waals surface area contributed by atoms with Gasteiger partial charge in [-0.1, -0.05) is 0 Å². The summed E-state index contributed by atoms with van der Waals surface area (Å²) >= 11 is 0. The number of hydrogen-bond donors (Lipinski definition) is 34. The molecule has 50 atom stereocenters. The Labute approximate surface area is 724 Å². The summed E-state index contributed by atoms with van der Waals surface area (Å²) in [6.07, 6.45) is -99.5. The lowest BCUT2D eigenvalue weighted by atomic mass is 9.88. The predicted octanol–water partition coefficient (Wildman–Crippen LogP) is -22.4. The molecule has 9 aliphatic heterocycles. The molecule has 9 aliphatic rings. The lowest BCUT2D eigenvalue weighted by Crippen LogP contribution is -2.72. The average molecular weight is 1880 g/mol. The summed E-state index contributed by atoms with van der Waals surface area (Å²) in [7, 11) is 0. The van der Waals surface area contributed by atoms with Gasteiger partial charge in [0.05, 0.1) is 84.3 Å². The van der Waals surface area contributed by atoms with E-state index in [9.17, 15) is 177 Å². The van der Waals surface area contributed by atoms with Crippen LogP contribution in [0.5, 0.6) is 0 Å². The Balaban J connectivity index is 0.981. The molecule has 0 aromatic carbocycles. The highest BCUT2D eigenvalue weighted by molar-refractivity contribution is 5.77. The van der Waals surface area contributed by atoms with E-state index in [1.807, 2.05) is 0 Å². The zero-order chi connectivity index (χ0) is 95.0. The van der Waals surface area contributed by atoms with E-state index in [0.717, 1.165) is 27.7 Å². The monoisotopic (exact) mass is 1880 g/mol. The number of carbonyl (C=O) groups excluding carboxylic acids is 4. The van der Waals surface area contributed by atoms with Crippen molar-refractivity contribution in [2.75, 3.05) is 66.1 Å². The molecule has 742 valence electrons. The molecule has 0 aromatic heterocycles. The van der Waals surface area contributed by atoms with Gasteiger partial charge in [-0.3, -0.25) is 19.2 Å². The molecule has 9 heterocycles. The zero-order valence-corrected chi connectivity index (χ0v) is 68.9. The molecule has 9 fully saturated rings. The Kier molecular flexibility index (Phi) is 39.2. The van der Waals surface area contributed by atoms with Crippen LogP contribution in [0.1, 0.15) is 41.0 Å². The van der Waals surface area contributed by atoms with E-state index in [-0.39, 0.29) is 0 Å². The number of carboxylic acid groups (broad SMARTS) is 1. The van der Waals surface area contributed by atoms with Crippen LogP contribution in [0, 0.1) is 0 Å². The third-order valence-electron chi connectivity index (χ3n) is 23.1. The number of aliphatic carboxylic acids is 1. The second-order valence-corrected chi connectivity index (χ2v) is 32.1. The van der Waals surface area contributed by atoms with E-state index in [1.54, 1.807) is 0 Å². The van der Waals surface area contributed by atoms with Crippen LogP contribution >= 0.6 is 0 Å². The molecule has 0 unspecified atom stereocenters. The number of ether oxygens (including phenoxy) is 18. The molecular formula is C71H120N4O53. The Morgan fingerprint density at radius 3 is 1.05 bits per heavy atom. The molecule has 34 N–H and O–H groups in total. The molecule has 0 spiro atoms. The van der Waals surface area contributed by atoms with Gasteiger partial charge in [0.1, 0.15) is 232 Å². The molecule has 0 bridgehead atoms. The summed E-state index contributed by atoms with van der Waals surface area (Å²) in [6.45, 7) is -7.27. The highest BCUT2D eigenvalue weighted by atomic mass is 16.8. The first-order chi connectivity index (χ1) is 60.4. The van der Waals surface area contributed by atoms with Crippen molar-refractivity contribution < 1.29 is 262 Å². The van der Waals surface area contributed by atoms with Gasteiger partial charge >= 0.3 is 5.97 Å². The summed E-state index contributed by atoms with van der Waals surface area (Å²) in [6, 6.07) is -7.91. The van der Waals surface area contributed by atoms with Gasteiger partial charge in [0.25, 0.3) is 5.79 Å². The molecule has 0 aliphatic carbocycles.